The highest BCUT2D eigenvalue weighted by atomic mass is 16.6. The maximum Gasteiger partial charge on any atom is 0.329 e. The predicted molar refractivity (Wildman–Crippen MR) is 179 cm³/mol. The summed E-state index contributed by atoms with van der Waals surface area (Å²) in [6, 6.07) is 14.8. The van der Waals surface area contributed by atoms with Gasteiger partial charge in [0.15, 0.2) is 0 Å². The van der Waals surface area contributed by atoms with Gasteiger partial charge in [0.2, 0.25) is 11.8 Å². The second-order valence-electron chi connectivity index (χ2n) is 13.0. The van der Waals surface area contributed by atoms with Crippen molar-refractivity contribution in [3.05, 3.63) is 66.4 Å². The zero-order valence-corrected chi connectivity index (χ0v) is 27.3. The van der Waals surface area contributed by atoms with Crippen LogP contribution in [0.3, 0.4) is 0 Å². The standard InChI is InChI=1S/C35H48N6O5/c1-23(27-21-37-28-17-9-8-16-26(27)28)30(32(43)39-29(18-10-11-19-36)33(44)46-35(2,3)4)40-31(42)24-13-12-20-41(22-24)34(45)38-25-14-6-5-7-15-25/h5-9,14-17,21,23-24,29-30,37H,10-13,18-20,22,36H2,1-4H3,(H,38,45)(H,39,43)(H,40,42)/t23-,24?,29-,30-/m0/s1. The third-order valence-corrected chi connectivity index (χ3v) is 8.25. The third-order valence-electron chi connectivity index (χ3n) is 8.25. The number of rotatable bonds is 12. The summed E-state index contributed by atoms with van der Waals surface area (Å²) >= 11 is 0. The first-order valence-electron chi connectivity index (χ1n) is 16.2. The maximum absolute atomic E-state index is 14.1. The van der Waals surface area contributed by atoms with Crippen LogP contribution in [0.5, 0.6) is 0 Å². The number of nitrogens with two attached hydrogens (primary N) is 1. The lowest BCUT2D eigenvalue weighted by Gasteiger charge is -2.34. The number of ether oxygens (including phenoxy) is 1. The van der Waals surface area contributed by atoms with Crippen molar-refractivity contribution < 1.29 is 23.9 Å². The molecule has 6 N–H and O–H groups in total. The molecule has 0 spiro atoms. The van der Waals surface area contributed by atoms with Crippen molar-refractivity contribution in [2.24, 2.45) is 11.7 Å². The molecule has 4 rings (SSSR count). The molecule has 1 fully saturated rings. The lowest BCUT2D eigenvalue weighted by Crippen LogP contribution is -2.56. The first-order valence-corrected chi connectivity index (χ1v) is 16.2. The van der Waals surface area contributed by atoms with Crippen LogP contribution in [0, 0.1) is 5.92 Å². The number of esters is 1. The molecule has 4 atom stereocenters. The first kappa shape index (κ1) is 34.5. The van der Waals surface area contributed by atoms with E-state index in [1.54, 1.807) is 25.7 Å². The molecule has 1 saturated heterocycles. The highest BCUT2D eigenvalue weighted by Gasteiger charge is 2.36. The average molecular weight is 633 g/mol. The molecule has 46 heavy (non-hydrogen) atoms. The number of aromatic nitrogens is 1. The zero-order chi connectivity index (χ0) is 33.3. The summed E-state index contributed by atoms with van der Waals surface area (Å²) in [6.45, 7) is 8.43. The fourth-order valence-corrected chi connectivity index (χ4v) is 5.81. The molecule has 0 aliphatic carbocycles. The van der Waals surface area contributed by atoms with Crippen molar-refractivity contribution in [1.29, 1.82) is 0 Å². The van der Waals surface area contributed by atoms with E-state index in [4.69, 9.17) is 10.5 Å². The largest absolute Gasteiger partial charge is 0.458 e. The van der Waals surface area contributed by atoms with E-state index in [0.29, 0.717) is 50.9 Å². The highest BCUT2D eigenvalue weighted by molar-refractivity contribution is 5.94. The van der Waals surface area contributed by atoms with E-state index in [-0.39, 0.29) is 18.5 Å². The Morgan fingerprint density at radius 3 is 2.46 bits per heavy atom. The molecule has 2 aromatic carbocycles. The fraction of sp³-hybridized carbons (Fsp3) is 0.486. The summed E-state index contributed by atoms with van der Waals surface area (Å²) in [7, 11) is 0. The molecule has 11 heteroatoms. The Bertz CT molecular complexity index is 1480. The van der Waals surface area contributed by atoms with Crippen LogP contribution in [0.2, 0.25) is 0 Å². The van der Waals surface area contributed by atoms with E-state index in [0.717, 1.165) is 16.5 Å². The fourth-order valence-electron chi connectivity index (χ4n) is 5.81. The van der Waals surface area contributed by atoms with Crippen LogP contribution in [-0.4, -0.2) is 71.0 Å². The Morgan fingerprint density at radius 1 is 1.02 bits per heavy atom. The molecule has 1 aliphatic heterocycles. The minimum absolute atomic E-state index is 0.222. The number of unbranched alkanes of at least 4 members (excludes halogenated alkanes) is 1. The van der Waals surface area contributed by atoms with Crippen LogP contribution < -0.4 is 21.7 Å². The number of hydrogen-bond acceptors (Lipinski definition) is 6. The third kappa shape index (κ3) is 9.32. The van der Waals surface area contributed by atoms with Crippen LogP contribution >= 0.6 is 0 Å². The van der Waals surface area contributed by atoms with Crippen molar-refractivity contribution >= 4 is 40.4 Å². The number of nitrogens with zero attached hydrogens (tertiary/aromatic N) is 1. The molecule has 248 valence electrons. The number of aromatic amines is 1. The topological polar surface area (TPSA) is 159 Å². The smallest absolute Gasteiger partial charge is 0.329 e. The van der Waals surface area contributed by atoms with Crippen molar-refractivity contribution in [2.75, 3.05) is 25.0 Å². The van der Waals surface area contributed by atoms with Crippen molar-refractivity contribution in [2.45, 2.75) is 83.4 Å². The van der Waals surface area contributed by atoms with E-state index >= 15 is 0 Å². The molecular weight excluding hydrogens is 584 g/mol. The minimum atomic E-state index is -1.00. The molecule has 1 unspecified atom stereocenters. The molecule has 1 aliphatic rings. The van der Waals surface area contributed by atoms with Crippen LogP contribution in [0.1, 0.15) is 71.3 Å². The van der Waals surface area contributed by atoms with Crippen LogP contribution in [0.15, 0.2) is 60.8 Å². The SMILES string of the molecule is C[C@@H](c1c[nH]c2ccccc12)[C@H](NC(=O)C1CCCN(C(=O)Nc2ccccc2)C1)C(=O)N[C@@H](CCCCN)C(=O)OC(C)(C)C. The van der Waals surface area contributed by atoms with Crippen LogP contribution in [-0.2, 0) is 19.1 Å². The Labute approximate surface area is 271 Å². The Morgan fingerprint density at radius 2 is 1.74 bits per heavy atom. The molecule has 3 aromatic rings. The molecule has 11 nitrogen and oxygen atoms in total. The zero-order valence-electron chi connectivity index (χ0n) is 27.3. The number of carbonyl (C=O) groups excluding carboxylic acids is 4. The Hall–Kier alpha value is -4.38. The maximum atomic E-state index is 14.1. The normalized spacial score (nSPS) is 17.1. The number of carbonyl (C=O) groups is 4. The molecule has 0 radical (unpaired) electrons. The number of benzene rings is 2. The van der Waals surface area contributed by atoms with Crippen LogP contribution in [0.25, 0.3) is 10.9 Å². The summed E-state index contributed by atoms with van der Waals surface area (Å²) in [5.74, 6) is -2.29. The summed E-state index contributed by atoms with van der Waals surface area (Å²) in [6.07, 6.45) is 4.75. The van der Waals surface area contributed by atoms with Gasteiger partial charge >= 0.3 is 12.0 Å². The summed E-state index contributed by atoms with van der Waals surface area (Å²) in [4.78, 5) is 59.0. The highest BCUT2D eigenvalue weighted by Crippen LogP contribution is 2.29. The second-order valence-corrected chi connectivity index (χ2v) is 13.0. The van der Waals surface area contributed by atoms with Gasteiger partial charge in [-0.1, -0.05) is 43.3 Å². The molecule has 1 aromatic heterocycles. The van der Waals surface area contributed by atoms with Gasteiger partial charge in [-0.15, -0.1) is 0 Å². The summed E-state index contributed by atoms with van der Waals surface area (Å²) < 4.78 is 5.63. The van der Waals surface area contributed by atoms with Gasteiger partial charge in [0, 0.05) is 41.8 Å². The quantitative estimate of drug-likeness (QED) is 0.144. The number of para-hydroxylation sites is 2. The van der Waals surface area contributed by atoms with Gasteiger partial charge in [-0.05, 0) is 83.2 Å². The summed E-state index contributed by atoms with van der Waals surface area (Å²) in [5.41, 5.74) is 7.40. The van der Waals surface area contributed by atoms with E-state index in [1.165, 1.54) is 0 Å². The number of likely N-dealkylation sites (tertiary alicyclic amines) is 1. The average Bonchev–Trinajstić information content (AvgIpc) is 3.47. The molecule has 0 saturated carbocycles. The number of piperidine rings is 1. The number of H-pyrrole nitrogens is 1. The monoisotopic (exact) mass is 632 g/mol. The van der Waals surface area contributed by atoms with E-state index in [1.807, 2.05) is 67.7 Å². The van der Waals surface area contributed by atoms with Gasteiger partial charge in [-0.25, -0.2) is 9.59 Å². The molecule has 0 bridgehead atoms. The molecule has 2 heterocycles. The van der Waals surface area contributed by atoms with Gasteiger partial charge in [-0.2, -0.15) is 0 Å². The lowest BCUT2D eigenvalue weighted by atomic mass is 9.90. The summed E-state index contributed by atoms with van der Waals surface area (Å²) in [5, 5.41) is 9.74. The lowest BCUT2D eigenvalue weighted by molar-refractivity contribution is -0.159. The number of urea groups is 1. The molecule has 4 amide bonds. The molecular formula is C35H48N6O5. The van der Waals surface area contributed by atoms with Gasteiger partial charge in [0.1, 0.15) is 17.7 Å². The number of hydrogen-bond donors (Lipinski definition) is 5. The Kier molecular flexibility index (Phi) is 11.8. The predicted octanol–water partition coefficient (Wildman–Crippen LogP) is 4.66. The van der Waals surface area contributed by atoms with Gasteiger partial charge in [0.05, 0.1) is 5.92 Å². The first-order chi connectivity index (χ1) is 22.0. The van der Waals surface area contributed by atoms with E-state index in [2.05, 4.69) is 20.9 Å². The van der Waals surface area contributed by atoms with Crippen molar-refractivity contribution in [1.82, 2.24) is 20.5 Å². The Balaban J connectivity index is 1.55. The van der Waals surface area contributed by atoms with Gasteiger partial charge in [0.25, 0.3) is 0 Å². The number of amides is 4. The van der Waals surface area contributed by atoms with E-state index in [9.17, 15) is 19.2 Å². The van der Waals surface area contributed by atoms with Crippen molar-refractivity contribution in [3.63, 3.8) is 0 Å². The van der Waals surface area contributed by atoms with Gasteiger partial charge < -0.3 is 36.3 Å². The number of anilines is 1. The van der Waals surface area contributed by atoms with Crippen LogP contribution in [0.4, 0.5) is 10.5 Å². The van der Waals surface area contributed by atoms with E-state index < -0.39 is 41.4 Å². The van der Waals surface area contributed by atoms with Crippen molar-refractivity contribution in [3.8, 4) is 0 Å². The number of fused-ring (bicyclic) bond motifs is 1. The second kappa shape index (κ2) is 15.8. The minimum Gasteiger partial charge on any atom is -0.458 e. The number of nitrogens with one attached hydrogen (secondary N) is 4. The van der Waals surface area contributed by atoms with Gasteiger partial charge in [-0.3, -0.25) is 9.59 Å².